The fraction of sp³-hybridized carbons (Fsp3) is 0.263. The molecule has 1 aliphatic heterocycles. The fourth-order valence-electron chi connectivity index (χ4n) is 2.82. The van der Waals surface area contributed by atoms with Crippen LogP contribution in [0.25, 0.3) is 0 Å². The number of carbonyl (C=O) groups is 2. The fourth-order valence-corrected chi connectivity index (χ4v) is 2.82. The minimum atomic E-state index is -1.35. The Hall–Kier alpha value is -2.90. The van der Waals surface area contributed by atoms with Crippen LogP contribution in [-0.4, -0.2) is 53.4 Å². The van der Waals surface area contributed by atoms with E-state index < -0.39 is 11.9 Å². The number of rotatable bonds is 6. The van der Waals surface area contributed by atoms with Crippen molar-refractivity contribution in [1.82, 2.24) is 4.90 Å². The molecule has 26 heavy (non-hydrogen) atoms. The van der Waals surface area contributed by atoms with Crippen LogP contribution in [0.3, 0.4) is 0 Å². The molecular weight excluding hydrogens is 338 g/mol. The van der Waals surface area contributed by atoms with Gasteiger partial charge in [-0.25, -0.2) is 9.59 Å². The van der Waals surface area contributed by atoms with Crippen LogP contribution in [-0.2, 0) is 11.3 Å². The molecule has 136 valence electrons. The monoisotopic (exact) mass is 357 g/mol. The van der Waals surface area contributed by atoms with E-state index in [0.717, 1.165) is 38.4 Å². The summed E-state index contributed by atoms with van der Waals surface area (Å²) >= 11 is 0. The summed E-state index contributed by atoms with van der Waals surface area (Å²) in [5, 5.41) is 18.5. The lowest BCUT2D eigenvalue weighted by molar-refractivity contribution is 0.0342. The van der Waals surface area contributed by atoms with Gasteiger partial charge in [-0.3, -0.25) is 4.90 Å². The summed E-state index contributed by atoms with van der Waals surface area (Å²) in [6.07, 6.45) is 0. The highest BCUT2D eigenvalue weighted by Gasteiger charge is 2.21. The Morgan fingerprint density at radius 1 is 1.00 bits per heavy atom. The number of hydrogen-bond donors (Lipinski definition) is 2. The third-order valence-electron chi connectivity index (χ3n) is 4.13. The minimum Gasteiger partial charge on any atom is -0.478 e. The molecule has 2 aromatic carbocycles. The minimum absolute atomic E-state index is 0.00155. The lowest BCUT2D eigenvalue weighted by Gasteiger charge is -2.26. The van der Waals surface area contributed by atoms with Gasteiger partial charge in [-0.2, -0.15) is 0 Å². The molecule has 1 fully saturated rings. The Balaban J connectivity index is 1.76. The van der Waals surface area contributed by atoms with E-state index in [2.05, 4.69) is 4.90 Å². The number of nitrogens with zero attached hydrogens (tertiary/aromatic N) is 1. The Bertz CT molecular complexity index is 796. The quantitative estimate of drug-likeness (QED) is 0.820. The van der Waals surface area contributed by atoms with E-state index in [4.69, 9.17) is 14.6 Å². The Kier molecular flexibility index (Phi) is 5.50. The van der Waals surface area contributed by atoms with Crippen LogP contribution < -0.4 is 4.74 Å². The molecule has 7 nitrogen and oxygen atoms in total. The molecule has 1 saturated heterocycles. The summed E-state index contributed by atoms with van der Waals surface area (Å²) in [6.45, 7) is 4.06. The van der Waals surface area contributed by atoms with Gasteiger partial charge in [-0.15, -0.1) is 0 Å². The summed E-state index contributed by atoms with van der Waals surface area (Å²) in [5.41, 5.74) is 0.438. The molecule has 3 rings (SSSR count). The molecule has 1 heterocycles. The van der Waals surface area contributed by atoms with E-state index in [1.165, 1.54) is 18.2 Å². The zero-order chi connectivity index (χ0) is 18.5. The maximum Gasteiger partial charge on any atom is 0.340 e. The first kappa shape index (κ1) is 17.9. The van der Waals surface area contributed by atoms with Crippen molar-refractivity contribution >= 4 is 11.9 Å². The molecule has 0 spiro atoms. The first-order chi connectivity index (χ1) is 12.5. The smallest absolute Gasteiger partial charge is 0.340 e. The highest BCUT2D eigenvalue weighted by atomic mass is 16.5. The van der Waals surface area contributed by atoms with Gasteiger partial charge in [0.05, 0.1) is 18.8 Å². The van der Waals surface area contributed by atoms with Gasteiger partial charge < -0.3 is 19.7 Å². The topological polar surface area (TPSA) is 96.3 Å². The standard InChI is InChI=1S/C19H19NO6/c21-18(22)15-2-1-3-16(17(15)19(23)24)26-14-6-4-13(5-7-14)12-20-8-10-25-11-9-20/h1-7H,8-12H2,(H,21,22)(H,23,24). The molecule has 0 saturated carbocycles. The van der Waals surface area contributed by atoms with Crippen molar-refractivity contribution in [3.8, 4) is 11.5 Å². The molecule has 0 aromatic heterocycles. The SMILES string of the molecule is O=C(O)c1cccc(Oc2ccc(CN3CCOCC3)cc2)c1C(=O)O. The van der Waals surface area contributed by atoms with Crippen molar-refractivity contribution in [2.75, 3.05) is 26.3 Å². The van der Waals surface area contributed by atoms with Crippen LogP contribution in [0.4, 0.5) is 0 Å². The Labute approximate surface area is 150 Å². The van der Waals surface area contributed by atoms with Crippen LogP contribution in [0.15, 0.2) is 42.5 Å². The zero-order valence-electron chi connectivity index (χ0n) is 14.1. The van der Waals surface area contributed by atoms with Gasteiger partial charge in [0.25, 0.3) is 0 Å². The van der Waals surface area contributed by atoms with E-state index in [9.17, 15) is 14.7 Å². The molecule has 0 aliphatic carbocycles. The van der Waals surface area contributed by atoms with Gasteiger partial charge in [0.2, 0.25) is 0 Å². The molecule has 7 heteroatoms. The number of carboxylic acid groups (broad SMARTS) is 2. The van der Waals surface area contributed by atoms with Gasteiger partial charge in [0.1, 0.15) is 17.1 Å². The van der Waals surface area contributed by atoms with Gasteiger partial charge in [-0.1, -0.05) is 18.2 Å². The number of hydrogen-bond acceptors (Lipinski definition) is 5. The normalized spacial score (nSPS) is 14.8. The largest absolute Gasteiger partial charge is 0.478 e. The van der Waals surface area contributed by atoms with Crippen LogP contribution in [0, 0.1) is 0 Å². The molecule has 1 aliphatic rings. The maximum absolute atomic E-state index is 11.5. The third kappa shape index (κ3) is 4.19. The number of carboxylic acids is 2. The molecule has 0 bridgehead atoms. The van der Waals surface area contributed by atoms with Gasteiger partial charge in [0, 0.05) is 19.6 Å². The highest BCUT2D eigenvalue weighted by molar-refractivity contribution is 6.03. The van der Waals surface area contributed by atoms with Crippen molar-refractivity contribution in [3.63, 3.8) is 0 Å². The van der Waals surface area contributed by atoms with Crippen molar-refractivity contribution < 1.29 is 29.3 Å². The predicted octanol–water partition coefficient (Wildman–Crippen LogP) is 2.71. The Morgan fingerprint density at radius 2 is 1.69 bits per heavy atom. The van der Waals surface area contributed by atoms with Crippen molar-refractivity contribution in [2.45, 2.75) is 6.54 Å². The third-order valence-corrected chi connectivity index (χ3v) is 4.13. The Morgan fingerprint density at radius 3 is 2.31 bits per heavy atom. The van der Waals surface area contributed by atoms with E-state index >= 15 is 0 Å². The number of ether oxygens (including phenoxy) is 2. The maximum atomic E-state index is 11.5. The van der Waals surface area contributed by atoms with Crippen molar-refractivity contribution in [2.24, 2.45) is 0 Å². The molecule has 0 unspecified atom stereocenters. The van der Waals surface area contributed by atoms with Crippen molar-refractivity contribution in [1.29, 1.82) is 0 Å². The van der Waals surface area contributed by atoms with Crippen LogP contribution in [0.1, 0.15) is 26.3 Å². The van der Waals surface area contributed by atoms with E-state index in [0.29, 0.717) is 5.75 Å². The second-order valence-electron chi connectivity index (χ2n) is 5.92. The van der Waals surface area contributed by atoms with E-state index in [1.807, 2.05) is 12.1 Å². The number of benzene rings is 2. The second kappa shape index (κ2) is 7.99. The van der Waals surface area contributed by atoms with E-state index in [-0.39, 0.29) is 16.9 Å². The van der Waals surface area contributed by atoms with E-state index in [1.54, 1.807) is 12.1 Å². The highest BCUT2D eigenvalue weighted by Crippen LogP contribution is 2.28. The summed E-state index contributed by atoms with van der Waals surface area (Å²) < 4.78 is 11.0. The molecule has 0 atom stereocenters. The van der Waals surface area contributed by atoms with Crippen molar-refractivity contribution in [3.05, 3.63) is 59.2 Å². The van der Waals surface area contributed by atoms with Gasteiger partial charge >= 0.3 is 11.9 Å². The van der Waals surface area contributed by atoms with Gasteiger partial charge in [0.15, 0.2) is 0 Å². The zero-order valence-corrected chi connectivity index (χ0v) is 14.1. The summed E-state index contributed by atoms with van der Waals surface area (Å²) in [5.74, 6) is -2.21. The van der Waals surface area contributed by atoms with Crippen LogP contribution >= 0.6 is 0 Å². The van der Waals surface area contributed by atoms with Gasteiger partial charge in [-0.05, 0) is 29.8 Å². The first-order valence-electron chi connectivity index (χ1n) is 8.21. The average Bonchev–Trinajstić information content (AvgIpc) is 2.64. The second-order valence-corrected chi connectivity index (χ2v) is 5.92. The summed E-state index contributed by atoms with van der Waals surface area (Å²) in [6, 6.07) is 11.4. The lowest BCUT2D eigenvalue weighted by Crippen LogP contribution is -2.35. The first-order valence-corrected chi connectivity index (χ1v) is 8.21. The van der Waals surface area contributed by atoms with Crippen LogP contribution in [0.2, 0.25) is 0 Å². The predicted molar refractivity (Wildman–Crippen MR) is 93.0 cm³/mol. The van der Waals surface area contributed by atoms with Crippen LogP contribution in [0.5, 0.6) is 11.5 Å². The molecular formula is C19H19NO6. The molecule has 2 aromatic rings. The summed E-state index contributed by atoms with van der Waals surface area (Å²) in [7, 11) is 0. The molecule has 0 amide bonds. The lowest BCUT2D eigenvalue weighted by atomic mass is 10.1. The number of aromatic carboxylic acids is 2. The number of morpholine rings is 1. The molecule has 0 radical (unpaired) electrons. The molecule has 2 N–H and O–H groups in total. The average molecular weight is 357 g/mol. The summed E-state index contributed by atoms with van der Waals surface area (Å²) in [4.78, 5) is 25.0.